The maximum Gasteiger partial charge on any atom is 0.320 e. The van der Waals surface area contributed by atoms with Gasteiger partial charge in [-0.2, -0.15) is 9.97 Å². The van der Waals surface area contributed by atoms with Gasteiger partial charge in [0.05, 0.1) is 6.61 Å². The molecular formula is C8H12ClN3O. The van der Waals surface area contributed by atoms with Gasteiger partial charge in [0.25, 0.3) is 0 Å². The Kier molecular flexibility index (Phi) is 3.42. The van der Waals surface area contributed by atoms with Crippen LogP contribution < -0.4 is 4.74 Å². The van der Waals surface area contributed by atoms with E-state index in [4.69, 9.17) is 16.3 Å². The van der Waals surface area contributed by atoms with Gasteiger partial charge in [-0.3, -0.25) is 0 Å². The molecule has 5 heteroatoms. The minimum atomic E-state index is 0.183. The molecule has 0 aromatic carbocycles. The molecule has 0 N–H and O–H groups in total. The molecule has 0 aliphatic heterocycles. The summed E-state index contributed by atoms with van der Waals surface area (Å²) in [6, 6.07) is 0.297. The van der Waals surface area contributed by atoms with Gasteiger partial charge in [-0.05, 0) is 18.5 Å². The summed E-state index contributed by atoms with van der Waals surface area (Å²) in [5.74, 6) is 0.878. The van der Waals surface area contributed by atoms with Crippen molar-refractivity contribution in [3.63, 3.8) is 0 Å². The summed E-state index contributed by atoms with van der Waals surface area (Å²) >= 11 is 5.69. The first-order valence-corrected chi connectivity index (χ1v) is 4.55. The molecule has 1 aromatic rings. The van der Waals surface area contributed by atoms with E-state index in [2.05, 4.69) is 15.0 Å². The highest BCUT2D eigenvalue weighted by Crippen LogP contribution is 2.14. The van der Waals surface area contributed by atoms with Crippen LogP contribution in [0.25, 0.3) is 0 Å². The lowest BCUT2D eigenvalue weighted by atomic mass is 10.2. The summed E-state index contributed by atoms with van der Waals surface area (Å²) in [7, 11) is 0. The van der Waals surface area contributed by atoms with E-state index in [1.165, 1.54) is 0 Å². The molecular weight excluding hydrogens is 190 g/mol. The van der Waals surface area contributed by atoms with E-state index in [-0.39, 0.29) is 11.2 Å². The lowest BCUT2D eigenvalue weighted by Crippen LogP contribution is -2.04. The van der Waals surface area contributed by atoms with Crippen molar-refractivity contribution in [2.45, 2.75) is 26.7 Å². The summed E-state index contributed by atoms with van der Waals surface area (Å²) in [6.45, 7) is 6.37. The minimum Gasteiger partial charge on any atom is -0.464 e. The van der Waals surface area contributed by atoms with E-state index in [1.807, 2.05) is 20.8 Å². The molecule has 0 radical (unpaired) electrons. The van der Waals surface area contributed by atoms with Crippen molar-refractivity contribution in [2.75, 3.05) is 6.61 Å². The molecule has 72 valence electrons. The third-order valence-electron chi connectivity index (χ3n) is 1.39. The number of halogens is 1. The Hall–Kier alpha value is -0.900. The van der Waals surface area contributed by atoms with Crippen molar-refractivity contribution in [3.05, 3.63) is 11.1 Å². The van der Waals surface area contributed by atoms with Crippen molar-refractivity contribution >= 4 is 11.6 Å². The highest BCUT2D eigenvalue weighted by molar-refractivity contribution is 6.28. The molecule has 0 saturated carbocycles. The fraction of sp³-hybridized carbons (Fsp3) is 0.625. The van der Waals surface area contributed by atoms with Crippen LogP contribution in [0.3, 0.4) is 0 Å². The number of aromatic nitrogens is 3. The fourth-order valence-corrected chi connectivity index (χ4v) is 0.957. The van der Waals surface area contributed by atoms with Crippen LogP contribution in [0.2, 0.25) is 5.28 Å². The molecule has 0 bridgehead atoms. The Morgan fingerprint density at radius 1 is 1.31 bits per heavy atom. The number of hydrogen-bond donors (Lipinski definition) is 0. The molecule has 0 aliphatic rings. The van der Waals surface area contributed by atoms with Gasteiger partial charge in [0, 0.05) is 5.92 Å². The van der Waals surface area contributed by atoms with Gasteiger partial charge in [-0.25, -0.2) is 4.98 Å². The Balaban J connectivity index is 2.96. The lowest BCUT2D eigenvalue weighted by Gasteiger charge is -2.05. The summed E-state index contributed by atoms with van der Waals surface area (Å²) < 4.78 is 5.13. The average molecular weight is 202 g/mol. The lowest BCUT2D eigenvalue weighted by molar-refractivity contribution is 0.309. The van der Waals surface area contributed by atoms with Crippen LogP contribution in [0, 0.1) is 0 Å². The second-order valence-corrected chi connectivity index (χ2v) is 3.17. The van der Waals surface area contributed by atoms with Crippen LogP contribution in [-0.4, -0.2) is 21.6 Å². The van der Waals surface area contributed by atoms with Gasteiger partial charge < -0.3 is 4.74 Å². The van der Waals surface area contributed by atoms with E-state index in [1.54, 1.807) is 0 Å². The summed E-state index contributed by atoms with van der Waals surface area (Å²) in [5, 5.41) is 0.183. The Morgan fingerprint density at radius 3 is 2.54 bits per heavy atom. The summed E-state index contributed by atoms with van der Waals surface area (Å²) in [5.41, 5.74) is 0. The first-order valence-electron chi connectivity index (χ1n) is 4.17. The number of hydrogen-bond acceptors (Lipinski definition) is 4. The van der Waals surface area contributed by atoms with Gasteiger partial charge in [-0.1, -0.05) is 13.8 Å². The van der Waals surface area contributed by atoms with Gasteiger partial charge in [0.15, 0.2) is 0 Å². The third kappa shape index (κ3) is 2.81. The van der Waals surface area contributed by atoms with Crippen LogP contribution in [0.4, 0.5) is 0 Å². The summed E-state index contributed by atoms with van der Waals surface area (Å²) in [6.07, 6.45) is 0. The molecule has 1 heterocycles. The highest BCUT2D eigenvalue weighted by Gasteiger charge is 2.08. The Morgan fingerprint density at radius 2 is 2.00 bits per heavy atom. The van der Waals surface area contributed by atoms with Gasteiger partial charge in [0.2, 0.25) is 5.28 Å². The van der Waals surface area contributed by atoms with Crippen molar-refractivity contribution in [2.24, 2.45) is 0 Å². The second kappa shape index (κ2) is 4.37. The predicted octanol–water partition coefficient (Wildman–Crippen LogP) is 2.05. The molecule has 0 saturated heterocycles. The SMILES string of the molecule is CCOc1nc(Cl)nc(C(C)C)n1. The maximum atomic E-state index is 5.69. The molecule has 13 heavy (non-hydrogen) atoms. The van der Waals surface area contributed by atoms with E-state index in [9.17, 15) is 0 Å². The molecule has 0 fully saturated rings. The molecule has 1 aromatic heterocycles. The smallest absolute Gasteiger partial charge is 0.320 e. The van der Waals surface area contributed by atoms with Gasteiger partial charge >= 0.3 is 6.01 Å². The average Bonchev–Trinajstić information content (AvgIpc) is 2.03. The molecule has 4 nitrogen and oxygen atoms in total. The van der Waals surface area contributed by atoms with Crippen LogP contribution in [-0.2, 0) is 0 Å². The molecule has 0 aliphatic carbocycles. The predicted molar refractivity (Wildman–Crippen MR) is 50.1 cm³/mol. The zero-order chi connectivity index (χ0) is 9.84. The van der Waals surface area contributed by atoms with E-state index < -0.39 is 0 Å². The number of nitrogens with zero attached hydrogens (tertiary/aromatic N) is 3. The van der Waals surface area contributed by atoms with Crippen molar-refractivity contribution in [3.8, 4) is 6.01 Å². The first-order chi connectivity index (χ1) is 6.13. The minimum absolute atomic E-state index is 0.183. The topological polar surface area (TPSA) is 47.9 Å². The van der Waals surface area contributed by atoms with Crippen molar-refractivity contribution in [1.29, 1.82) is 0 Å². The fourth-order valence-electron chi connectivity index (χ4n) is 0.798. The number of rotatable bonds is 3. The standard InChI is InChI=1S/C8H12ClN3O/c1-4-13-8-11-6(5(2)3)10-7(9)12-8/h5H,4H2,1-3H3. The normalized spacial score (nSPS) is 10.5. The molecule has 0 spiro atoms. The van der Waals surface area contributed by atoms with Gasteiger partial charge in [-0.15, -0.1) is 0 Å². The number of ether oxygens (including phenoxy) is 1. The Bertz CT molecular complexity index is 291. The first kappa shape index (κ1) is 10.2. The zero-order valence-electron chi connectivity index (χ0n) is 7.91. The quantitative estimate of drug-likeness (QED) is 0.751. The van der Waals surface area contributed by atoms with E-state index in [0.717, 1.165) is 0 Å². The highest BCUT2D eigenvalue weighted by atomic mass is 35.5. The zero-order valence-corrected chi connectivity index (χ0v) is 8.67. The van der Waals surface area contributed by atoms with Gasteiger partial charge in [0.1, 0.15) is 5.82 Å². The Labute approximate surface area is 82.3 Å². The maximum absolute atomic E-state index is 5.69. The second-order valence-electron chi connectivity index (χ2n) is 2.83. The van der Waals surface area contributed by atoms with Crippen molar-refractivity contribution in [1.82, 2.24) is 15.0 Å². The summed E-state index contributed by atoms with van der Waals surface area (Å²) in [4.78, 5) is 11.9. The molecule has 1 rings (SSSR count). The largest absolute Gasteiger partial charge is 0.464 e. The van der Waals surface area contributed by atoms with Crippen LogP contribution >= 0.6 is 11.6 Å². The molecule has 0 atom stereocenters. The molecule has 0 unspecified atom stereocenters. The van der Waals surface area contributed by atoms with Crippen LogP contribution in [0.1, 0.15) is 32.5 Å². The van der Waals surface area contributed by atoms with Crippen molar-refractivity contribution < 1.29 is 4.74 Å². The molecule has 0 amide bonds. The van der Waals surface area contributed by atoms with E-state index in [0.29, 0.717) is 18.4 Å². The van der Waals surface area contributed by atoms with E-state index >= 15 is 0 Å². The third-order valence-corrected chi connectivity index (χ3v) is 1.56. The van der Waals surface area contributed by atoms with Crippen LogP contribution in [0.5, 0.6) is 6.01 Å². The monoisotopic (exact) mass is 201 g/mol. The van der Waals surface area contributed by atoms with Crippen LogP contribution in [0.15, 0.2) is 0 Å².